The first-order valence-corrected chi connectivity index (χ1v) is 8.40. The van der Waals surface area contributed by atoms with Gasteiger partial charge in [-0.1, -0.05) is 11.2 Å². The van der Waals surface area contributed by atoms with Crippen molar-refractivity contribution in [3.05, 3.63) is 35.7 Å². The van der Waals surface area contributed by atoms with Gasteiger partial charge in [-0.3, -0.25) is 4.79 Å². The van der Waals surface area contributed by atoms with Crippen LogP contribution < -0.4 is 5.32 Å². The molecule has 0 atom stereocenters. The molecule has 0 radical (unpaired) electrons. The van der Waals surface area contributed by atoms with E-state index in [4.69, 9.17) is 4.52 Å². The van der Waals surface area contributed by atoms with Gasteiger partial charge in [0.25, 0.3) is 5.89 Å². The SMILES string of the molecule is O=C(CSCC1CC1)NCc1noc(-c2c(F)cccc2F)n1. The summed E-state index contributed by atoms with van der Waals surface area (Å²) in [6.07, 6.45) is 2.51. The van der Waals surface area contributed by atoms with Crippen LogP contribution in [0.15, 0.2) is 22.7 Å². The lowest BCUT2D eigenvalue weighted by Gasteiger charge is -2.01. The Morgan fingerprint density at radius 2 is 2.09 bits per heavy atom. The molecule has 0 spiro atoms. The van der Waals surface area contributed by atoms with Crippen molar-refractivity contribution in [2.24, 2.45) is 5.92 Å². The highest BCUT2D eigenvalue weighted by Gasteiger charge is 2.21. The van der Waals surface area contributed by atoms with Gasteiger partial charge in [0.05, 0.1) is 12.3 Å². The van der Waals surface area contributed by atoms with E-state index in [1.807, 2.05) is 0 Å². The number of hydrogen-bond acceptors (Lipinski definition) is 5. The Morgan fingerprint density at radius 3 is 2.78 bits per heavy atom. The largest absolute Gasteiger partial charge is 0.348 e. The summed E-state index contributed by atoms with van der Waals surface area (Å²) in [7, 11) is 0. The van der Waals surface area contributed by atoms with E-state index >= 15 is 0 Å². The summed E-state index contributed by atoms with van der Waals surface area (Å²) < 4.78 is 32.1. The van der Waals surface area contributed by atoms with Crippen molar-refractivity contribution in [2.75, 3.05) is 11.5 Å². The molecule has 2 aromatic rings. The van der Waals surface area contributed by atoms with Crippen molar-refractivity contribution in [3.8, 4) is 11.5 Å². The van der Waals surface area contributed by atoms with Crippen LogP contribution in [0.1, 0.15) is 18.7 Å². The van der Waals surface area contributed by atoms with E-state index in [0.29, 0.717) is 5.75 Å². The number of nitrogens with zero attached hydrogens (tertiary/aromatic N) is 2. The van der Waals surface area contributed by atoms with E-state index in [-0.39, 0.29) is 29.7 Å². The first kappa shape index (κ1) is 15.9. The number of nitrogens with one attached hydrogen (secondary N) is 1. The highest BCUT2D eigenvalue weighted by atomic mass is 32.2. The molecule has 1 aromatic heterocycles. The van der Waals surface area contributed by atoms with Gasteiger partial charge in [0, 0.05) is 0 Å². The first-order valence-electron chi connectivity index (χ1n) is 7.25. The topological polar surface area (TPSA) is 68.0 Å². The predicted molar refractivity (Wildman–Crippen MR) is 81.5 cm³/mol. The highest BCUT2D eigenvalue weighted by molar-refractivity contribution is 7.99. The normalized spacial score (nSPS) is 14.0. The van der Waals surface area contributed by atoms with Crippen LogP contribution in [0.25, 0.3) is 11.5 Å². The molecular weight excluding hydrogens is 324 g/mol. The molecular formula is C15H15F2N3O2S. The molecule has 8 heteroatoms. The van der Waals surface area contributed by atoms with Gasteiger partial charge < -0.3 is 9.84 Å². The number of carbonyl (C=O) groups excluding carboxylic acids is 1. The zero-order valence-electron chi connectivity index (χ0n) is 12.2. The highest BCUT2D eigenvalue weighted by Crippen LogP contribution is 2.32. The predicted octanol–water partition coefficient (Wildman–Crippen LogP) is 2.77. The Hall–Kier alpha value is -1.96. The molecule has 1 N–H and O–H groups in total. The zero-order chi connectivity index (χ0) is 16.2. The lowest BCUT2D eigenvalue weighted by atomic mass is 10.2. The van der Waals surface area contributed by atoms with E-state index < -0.39 is 11.6 Å². The van der Waals surface area contributed by atoms with Gasteiger partial charge >= 0.3 is 0 Å². The van der Waals surface area contributed by atoms with Crippen LogP contribution in [-0.2, 0) is 11.3 Å². The van der Waals surface area contributed by atoms with Crippen molar-refractivity contribution >= 4 is 17.7 Å². The number of benzene rings is 1. The van der Waals surface area contributed by atoms with Crippen molar-refractivity contribution in [3.63, 3.8) is 0 Å². The van der Waals surface area contributed by atoms with Crippen molar-refractivity contribution in [2.45, 2.75) is 19.4 Å². The second kappa shape index (κ2) is 7.08. The minimum absolute atomic E-state index is 0.0579. The van der Waals surface area contributed by atoms with E-state index in [0.717, 1.165) is 23.8 Å². The Bertz CT molecular complexity index is 684. The number of halogens is 2. The van der Waals surface area contributed by atoms with E-state index in [9.17, 15) is 13.6 Å². The minimum Gasteiger partial charge on any atom is -0.348 e. The fourth-order valence-corrected chi connectivity index (χ4v) is 3.03. The molecule has 5 nitrogen and oxygen atoms in total. The van der Waals surface area contributed by atoms with Crippen LogP contribution in [0.3, 0.4) is 0 Å². The maximum absolute atomic E-state index is 13.6. The van der Waals surface area contributed by atoms with Crippen molar-refractivity contribution in [1.82, 2.24) is 15.5 Å². The molecule has 1 aromatic carbocycles. The van der Waals surface area contributed by atoms with Gasteiger partial charge in [0.1, 0.15) is 17.2 Å². The number of thioether (sulfide) groups is 1. The molecule has 0 bridgehead atoms. The second-order valence-corrected chi connectivity index (χ2v) is 6.38. The van der Waals surface area contributed by atoms with E-state index in [1.54, 1.807) is 11.8 Å². The summed E-state index contributed by atoms with van der Waals surface area (Å²) in [6, 6.07) is 3.48. The fourth-order valence-electron chi connectivity index (χ4n) is 1.96. The third-order valence-corrected chi connectivity index (χ3v) is 4.55. The van der Waals surface area contributed by atoms with Gasteiger partial charge in [-0.25, -0.2) is 8.78 Å². The van der Waals surface area contributed by atoms with Crippen LogP contribution in [0.4, 0.5) is 8.78 Å². The summed E-state index contributed by atoms with van der Waals surface area (Å²) in [4.78, 5) is 15.6. The molecule has 1 aliphatic rings. The number of hydrogen-bond donors (Lipinski definition) is 1. The lowest BCUT2D eigenvalue weighted by molar-refractivity contribution is -0.118. The molecule has 0 aliphatic heterocycles. The van der Waals surface area contributed by atoms with Gasteiger partial charge in [0.2, 0.25) is 5.91 Å². The molecule has 0 unspecified atom stereocenters. The molecule has 1 aliphatic carbocycles. The third kappa shape index (κ3) is 4.28. The molecule has 3 rings (SSSR count). The average molecular weight is 339 g/mol. The molecule has 0 saturated heterocycles. The summed E-state index contributed by atoms with van der Waals surface area (Å²) in [5.41, 5.74) is -0.363. The number of carbonyl (C=O) groups is 1. The molecule has 1 heterocycles. The molecule has 23 heavy (non-hydrogen) atoms. The van der Waals surface area contributed by atoms with E-state index in [1.165, 1.54) is 18.9 Å². The summed E-state index contributed by atoms with van der Waals surface area (Å²) in [5.74, 6) is 0.398. The molecule has 122 valence electrons. The summed E-state index contributed by atoms with van der Waals surface area (Å²) >= 11 is 1.60. The van der Waals surface area contributed by atoms with Gasteiger partial charge in [-0.15, -0.1) is 0 Å². The van der Waals surface area contributed by atoms with Gasteiger partial charge in [0.15, 0.2) is 5.82 Å². The van der Waals surface area contributed by atoms with Crippen molar-refractivity contribution < 1.29 is 18.1 Å². The quantitative estimate of drug-likeness (QED) is 0.840. The fraction of sp³-hybridized carbons (Fsp3) is 0.400. The van der Waals surface area contributed by atoms with E-state index in [2.05, 4.69) is 15.5 Å². The molecule has 1 saturated carbocycles. The monoisotopic (exact) mass is 339 g/mol. The average Bonchev–Trinajstić information content (AvgIpc) is 3.22. The molecule has 1 fully saturated rings. The second-order valence-electron chi connectivity index (χ2n) is 5.35. The van der Waals surface area contributed by atoms with Crippen LogP contribution in [0.5, 0.6) is 0 Å². The number of amides is 1. The standard InChI is InChI=1S/C15H15F2N3O2S/c16-10-2-1-3-11(17)14(10)15-19-12(20-22-15)6-18-13(21)8-23-7-9-4-5-9/h1-3,9H,4-8H2,(H,18,21). The smallest absolute Gasteiger partial charge is 0.263 e. The van der Waals surface area contributed by atoms with Crippen molar-refractivity contribution in [1.29, 1.82) is 0 Å². The van der Waals surface area contributed by atoms with Crippen LogP contribution >= 0.6 is 11.8 Å². The van der Waals surface area contributed by atoms with Gasteiger partial charge in [-0.05, 0) is 36.6 Å². The van der Waals surface area contributed by atoms with Crippen LogP contribution in [0, 0.1) is 17.6 Å². The van der Waals surface area contributed by atoms with Crippen LogP contribution in [0.2, 0.25) is 0 Å². The molecule has 1 amide bonds. The summed E-state index contributed by atoms with van der Waals surface area (Å²) in [6.45, 7) is 0.0579. The minimum atomic E-state index is -0.777. The Balaban J connectivity index is 1.53. The van der Waals surface area contributed by atoms with Gasteiger partial charge in [-0.2, -0.15) is 16.7 Å². The summed E-state index contributed by atoms with van der Waals surface area (Å²) in [5, 5.41) is 6.28. The number of rotatable bonds is 7. The Kier molecular flexibility index (Phi) is 4.90. The maximum Gasteiger partial charge on any atom is 0.263 e. The zero-order valence-corrected chi connectivity index (χ0v) is 13.0. The number of aromatic nitrogens is 2. The lowest BCUT2D eigenvalue weighted by Crippen LogP contribution is -2.25. The maximum atomic E-state index is 13.6. The Morgan fingerprint density at radius 1 is 1.35 bits per heavy atom. The Labute approximate surface area is 135 Å². The van der Waals surface area contributed by atoms with Crippen LogP contribution in [-0.4, -0.2) is 27.6 Å². The third-order valence-electron chi connectivity index (χ3n) is 3.37. The first-order chi connectivity index (χ1) is 11.1.